The Morgan fingerprint density at radius 1 is 1.09 bits per heavy atom. The van der Waals surface area contributed by atoms with Crippen molar-refractivity contribution in [3.05, 3.63) is 35.4 Å². The van der Waals surface area contributed by atoms with E-state index in [-0.39, 0.29) is 0 Å². The van der Waals surface area contributed by atoms with Gasteiger partial charge in [0.15, 0.2) is 0 Å². The highest BCUT2D eigenvalue weighted by atomic mass is 16.4. The number of hydrogen-bond donors (Lipinski definition) is 1. The van der Waals surface area contributed by atoms with E-state index >= 15 is 0 Å². The third-order valence-electron chi connectivity index (χ3n) is 5.25. The second-order valence-corrected chi connectivity index (χ2v) is 6.74. The number of piperidine rings is 1. The summed E-state index contributed by atoms with van der Waals surface area (Å²) < 4.78 is 0. The number of carboxylic acid groups (broad SMARTS) is 1. The zero-order chi connectivity index (χ0) is 15.4. The summed E-state index contributed by atoms with van der Waals surface area (Å²) in [4.78, 5) is 13.0. The largest absolute Gasteiger partial charge is 0.472 e. The van der Waals surface area contributed by atoms with Gasteiger partial charge in [-0.2, -0.15) is 0 Å². The van der Waals surface area contributed by atoms with Gasteiger partial charge in [0.25, 0.3) is 0 Å². The molecule has 0 aromatic heterocycles. The van der Waals surface area contributed by atoms with Gasteiger partial charge in [0.05, 0.1) is 0 Å². The third kappa shape index (κ3) is 3.69. The molecule has 1 saturated heterocycles. The van der Waals surface area contributed by atoms with Crippen molar-refractivity contribution < 1.29 is 9.90 Å². The molecule has 3 heteroatoms. The van der Waals surface area contributed by atoms with Crippen LogP contribution in [0.3, 0.4) is 0 Å². The van der Waals surface area contributed by atoms with E-state index in [0.717, 1.165) is 12.1 Å². The summed E-state index contributed by atoms with van der Waals surface area (Å²) in [5.41, 5.74) is 2.71. The Hall–Kier alpha value is -1.79. The first-order valence-corrected chi connectivity index (χ1v) is 8.22. The Balaban J connectivity index is 1.54. The predicted octanol–water partition coefficient (Wildman–Crippen LogP) is 3.28. The summed E-state index contributed by atoms with van der Waals surface area (Å²) in [5.74, 6) is 3.71. The topological polar surface area (TPSA) is 40.5 Å². The lowest BCUT2D eigenvalue weighted by Crippen LogP contribution is -2.38. The quantitative estimate of drug-likeness (QED) is 0.852. The zero-order valence-electron chi connectivity index (χ0n) is 13.0. The summed E-state index contributed by atoms with van der Waals surface area (Å²) in [6, 6.07) is 7.94. The van der Waals surface area contributed by atoms with Gasteiger partial charge in [0, 0.05) is 18.0 Å². The van der Waals surface area contributed by atoms with Gasteiger partial charge in [0.1, 0.15) is 0 Å². The van der Waals surface area contributed by atoms with Gasteiger partial charge in [-0.3, -0.25) is 4.90 Å². The zero-order valence-corrected chi connectivity index (χ0v) is 13.0. The highest BCUT2D eigenvalue weighted by molar-refractivity contribution is 5.87. The van der Waals surface area contributed by atoms with E-state index in [1.54, 1.807) is 0 Å². The van der Waals surface area contributed by atoms with Gasteiger partial charge in [0.2, 0.25) is 0 Å². The molecule has 1 heterocycles. The van der Waals surface area contributed by atoms with Gasteiger partial charge in [-0.15, -0.1) is 0 Å². The Labute approximate surface area is 132 Å². The highest BCUT2D eigenvalue weighted by Gasteiger charge is 2.36. The first-order chi connectivity index (χ1) is 10.7. The van der Waals surface area contributed by atoms with Crippen molar-refractivity contribution in [1.29, 1.82) is 0 Å². The van der Waals surface area contributed by atoms with Crippen LogP contribution in [0.2, 0.25) is 0 Å². The summed E-state index contributed by atoms with van der Waals surface area (Å²) in [5, 5.41) is 8.55. The van der Waals surface area contributed by atoms with Gasteiger partial charge < -0.3 is 5.11 Å². The normalized spacial score (nSPS) is 20.5. The maximum Gasteiger partial charge on any atom is 0.382 e. The van der Waals surface area contributed by atoms with E-state index in [4.69, 9.17) is 5.11 Å². The van der Waals surface area contributed by atoms with Crippen LogP contribution in [0.1, 0.15) is 49.7 Å². The number of hydrogen-bond acceptors (Lipinski definition) is 2. The molecule has 116 valence electrons. The fraction of sp³-hybridized carbons (Fsp3) is 0.526. The van der Waals surface area contributed by atoms with Crippen LogP contribution in [-0.2, 0) is 11.3 Å². The lowest BCUT2D eigenvalue weighted by atomic mass is 9.77. The molecule has 1 aromatic carbocycles. The van der Waals surface area contributed by atoms with Gasteiger partial charge >= 0.3 is 5.97 Å². The minimum atomic E-state index is -1.08. The molecule has 2 fully saturated rings. The minimum absolute atomic E-state index is 0.673. The van der Waals surface area contributed by atoms with Crippen molar-refractivity contribution >= 4 is 5.97 Å². The summed E-state index contributed by atoms with van der Waals surface area (Å²) >= 11 is 0. The number of nitrogens with zero attached hydrogens (tertiary/aromatic N) is 1. The molecule has 0 atom stereocenters. The fourth-order valence-electron chi connectivity index (χ4n) is 3.89. The number of likely N-dealkylation sites (tertiary alicyclic amines) is 1. The number of carboxylic acids is 1. The van der Waals surface area contributed by atoms with Crippen molar-refractivity contribution in [2.45, 2.75) is 45.1 Å². The monoisotopic (exact) mass is 297 g/mol. The van der Waals surface area contributed by atoms with Crippen molar-refractivity contribution in [2.75, 3.05) is 13.1 Å². The predicted molar refractivity (Wildman–Crippen MR) is 86.4 cm³/mol. The maximum atomic E-state index is 10.4. The SMILES string of the molecule is O=C(O)C#Cc1ccc(CN2CCC3(CCCC3)CC2)cc1. The van der Waals surface area contributed by atoms with Gasteiger partial charge in [-0.25, -0.2) is 4.79 Å². The van der Waals surface area contributed by atoms with Crippen LogP contribution >= 0.6 is 0 Å². The van der Waals surface area contributed by atoms with Crippen molar-refractivity contribution in [3.63, 3.8) is 0 Å². The number of carbonyl (C=O) groups is 1. The summed E-state index contributed by atoms with van der Waals surface area (Å²) in [6.45, 7) is 3.41. The highest BCUT2D eigenvalue weighted by Crippen LogP contribution is 2.46. The van der Waals surface area contributed by atoms with E-state index in [0.29, 0.717) is 5.41 Å². The van der Waals surface area contributed by atoms with Crippen molar-refractivity contribution in [3.8, 4) is 11.8 Å². The molecule has 3 nitrogen and oxygen atoms in total. The average molecular weight is 297 g/mol. The summed E-state index contributed by atoms with van der Waals surface area (Å²) in [7, 11) is 0. The smallest absolute Gasteiger partial charge is 0.382 e. The van der Waals surface area contributed by atoms with Crippen LogP contribution in [0, 0.1) is 17.3 Å². The molecule has 0 radical (unpaired) electrons. The third-order valence-corrected chi connectivity index (χ3v) is 5.25. The van der Waals surface area contributed by atoms with E-state index in [1.165, 1.54) is 57.2 Å². The lowest BCUT2D eigenvalue weighted by molar-refractivity contribution is -0.130. The van der Waals surface area contributed by atoms with E-state index in [1.807, 2.05) is 12.1 Å². The number of benzene rings is 1. The van der Waals surface area contributed by atoms with E-state index in [2.05, 4.69) is 28.9 Å². The van der Waals surface area contributed by atoms with Crippen LogP contribution in [-0.4, -0.2) is 29.1 Å². The first-order valence-electron chi connectivity index (χ1n) is 8.22. The van der Waals surface area contributed by atoms with Crippen LogP contribution in [0.5, 0.6) is 0 Å². The second kappa shape index (κ2) is 6.54. The van der Waals surface area contributed by atoms with Crippen LogP contribution in [0.25, 0.3) is 0 Å². The molecule has 1 saturated carbocycles. The molecule has 1 N–H and O–H groups in total. The van der Waals surface area contributed by atoms with Crippen LogP contribution in [0.15, 0.2) is 24.3 Å². The standard InChI is InChI=1S/C19H23NO2/c21-18(22)8-7-16-3-5-17(6-4-16)15-20-13-11-19(12-14-20)9-1-2-10-19/h3-6H,1-2,9-15H2,(H,21,22). The fourth-order valence-corrected chi connectivity index (χ4v) is 3.89. The molecular formula is C19H23NO2. The number of aliphatic carboxylic acids is 1. The molecule has 0 unspecified atom stereocenters. The minimum Gasteiger partial charge on any atom is -0.472 e. The first kappa shape index (κ1) is 15.1. The molecule has 0 bridgehead atoms. The van der Waals surface area contributed by atoms with Crippen LogP contribution < -0.4 is 0 Å². The Kier molecular flexibility index (Phi) is 4.49. The Morgan fingerprint density at radius 2 is 1.73 bits per heavy atom. The Bertz CT molecular complexity index is 578. The molecule has 1 aromatic rings. The lowest BCUT2D eigenvalue weighted by Gasteiger charge is -2.39. The van der Waals surface area contributed by atoms with E-state index in [9.17, 15) is 4.79 Å². The second-order valence-electron chi connectivity index (χ2n) is 6.74. The number of rotatable bonds is 2. The molecule has 1 aliphatic heterocycles. The van der Waals surface area contributed by atoms with Crippen LogP contribution in [0.4, 0.5) is 0 Å². The Morgan fingerprint density at radius 3 is 2.32 bits per heavy atom. The molecule has 1 aliphatic carbocycles. The average Bonchev–Trinajstić information content (AvgIpc) is 2.97. The van der Waals surface area contributed by atoms with Gasteiger partial charge in [-0.05, 0) is 61.9 Å². The van der Waals surface area contributed by atoms with E-state index < -0.39 is 5.97 Å². The molecule has 1 spiro atoms. The molecule has 0 amide bonds. The molecular weight excluding hydrogens is 274 g/mol. The molecule has 2 aliphatic rings. The van der Waals surface area contributed by atoms with Crippen molar-refractivity contribution in [2.24, 2.45) is 5.41 Å². The molecule has 3 rings (SSSR count). The maximum absolute atomic E-state index is 10.4. The summed E-state index contributed by atoms with van der Waals surface area (Å²) in [6.07, 6.45) is 8.46. The van der Waals surface area contributed by atoms with Crippen molar-refractivity contribution in [1.82, 2.24) is 4.90 Å². The molecule has 22 heavy (non-hydrogen) atoms. The van der Waals surface area contributed by atoms with Gasteiger partial charge in [-0.1, -0.05) is 30.9 Å².